The van der Waals surface area contributed by atoms with Gasteiger partial charge in [0.2, 0.25) is 0 Å². The van der Waals surface area contributed by atoms with Crippen molar-refractivity contribution < 1.29 is 14.0 Å². The zero-order valence-electron chi connectivity index (χ0n) is 6.56. The zero-order chi connectivity index (χ0) is 8.20. The van der Waals surface area contributed by atoms with Gasteiger partial charge in [-0.3, -0.25) is 0 Å². The summed E-state index contributed by atoms with van der Waals surface area (Å²) >= 11 is 4.94. The number of carbonyl (C=O) groups is 1. The van der Waals surface area contributed by atoms with Crippen LogP contribution in [0.4, 0.5) is 4.79 Å². The Morgan fingerprint density at radius 2 is 2.00 bits per heavy atom. The van der Waals surface area contributed by atoms with Crippen molar-refractivity contribution in [2.75, 3.05) is 34.3 Å². The predicted octanol–water partition coefficient (Wildman–Crippen LogP) is 1.07. The molecule has 0 aromatic rings. The molecule has 0 bridgehead atoms. The molecule has 0 aliphatic heterocycles. The van der Waals surface area contributed by atoms with Crippen LogP contribution in [-0.4, -0.2) is 44.2 Å². The third-order valence-electron chi connectivity index (χ3n) is 0.978. The average Bonchev–Trinajstić information content (AvgIpc) is 1.59. The van der Waals surface area contributed by atoms with E-state index < -0.39 is 5.43 Å². The first-order valence-corrected chi connectivity index (χ1v) is 3.42. The molecule has 0 aromatic heterocycles. The van der Waals surface area contributed by atoms with E-state index in [-0.39, 0.29) is 0 Å². The summed E-state index contributed by atoms with van der Waals surface area (Å²) in [5.74, 6) is 0. The van der Waals surface area contributed by atoms with Crippen LogP contribution in [0.15, 0.2) is 0 Å². The molecule has 0 unspecified atom stereocenters. The van der Waals surface area contributed by atoms with Gasteiger partial charge in [-0.15, -0.1) is 0 Å². The third-order valence-corrected chi connectivity index (χ3v) is 1.09. The van der Waals surface area contributed by atoms with E-state index >= 15 is 0 Å². The summed E-state index contributed by atoms with van der Waals surface area (Å²) in [6.07, 6.45) is 0. The van der Waals surface area contributed by atoms with Gasteiger partial charge in [0.25, 0.3) is 0 Å². The quantitative estimate of drug-likeness (QED) is 0.463. The number of quaternary nitrogens is 1. The molecule has 0 amide bonds. The van der Waals surface area contributed by atoms with Gasteiger partial charge in [0, 0.05) is 11.6 Å². The third kappa shape index (κ3) is 7.72. The number of hydrogen-bond donors (Lipinski definition) is 0. The monoisotopic (exact) mass is 166 g/mol. The van der Waals surface area contributed by atoms with Crippen molar-refractivity contribution >= 4 is 17.0 Å². The van der Waals surface area contributed by atoms with E-state index in [1.165, 1.54) is 0 Å². The maximum atomic E-state index is 10.1. The summed E-state index contributed by atoms with van der Waals surface area (Å²) in [6.45, 7) is 1.16. The van der Waals surface area contributed by atoms with Gasteiger partial charge >= 0.3 is 5.43 Å². The van der Waals surface area contributed by atoms with Crippen molar-refractivity contribution in [2.24, 2.45) is 0 Å². The summed E-state index contributed by atoms with van der Waals surface area (Å²) in [4.78, 5) is 10.1. The summed E-state index contributed by atoms with van der Waals surface area (Å²) in [5, 5.41) is 0. The molecule has 0 rings (SSSR count). The van der Waals surface area contributed by atoms with Crippen LogP contribution < -0.4 is 0 Å². The van der Waals surface area contributed by atoms with Crippen LogP contribution in [0.3, 0.4) is 0 Å². The van der Waals surface area contributed by atoms with Gasteiger partial charge in [-0.05, 0) is 0 Å². The van der Waals surface area contributed by atoms with E-state index in [1.54, 1.807) is 0 Å². The lowest BCUT2D eigenvalue weighted by molar-refractivity contribution is -0.870. The van der Waals surface area contributed by atoms with E-state index in [2.05, 4.69) is 4.74 Å². The van der Waals surface area contributed by atoms with Gasteiger partial charge in [-0.25, -0.2) is 4.79 Å². The normalized spacial score (nSPS) is 11.2. The van der Waals surface area contributed by atoms with Crippen LogP contribution in [0.5, 0.6) is 0 Å². The molecule has 0 atom stereocenters. The van der Waals surface area contributed by atoms with Crippen LogP contribution in [0.25, 0.3) is 0 Å². The maximum absolute atomic E-state index is 10.1. The summed E-state index contributed by atoms with van der Waals surface area (Å²) in [7, 11) is 6.05. The first kappa shape index (κ1) is 9.72. The smallest absolute Gasteiger partial charge is 0.403 e. The molecule has 3 nitrogen and oxygen atoms in total. The Balaban J connectivity index is 3.29. The van der Waals surface area contributed by atoms with Crippen molar-refractivity contribution in [3.8, 4) is 0 Å². The standard InChI is InChI=1S/C6H13ClNO2/c1-8(2,3)4-5-10-6(7)9/h4-5H2,1-3H3/q+1. The molecule has 0 aromatic carbocycles. The van der Waals surface area contributed by atoms with Gasteiger partial charge in [0.05, 0.1) is 21.1 Å². The largest absolute Gasteiger partial charge is 0.448 e. The Morgan fingerprint density at radius 3 is 2.30 bits per heavy atom. The summed E-state index contributed by atoms with van der Waals surface area (Å²) < 4.78 is 5.30. The van der Waals surface area contributed by atoms with E-state index in [1.807, 2.05) is 21.1 Å². The number of ether oxygens (including phenoxy) is 1. The molecular formula is C6H13ClNO2+. The second kappa shape index (κ2) is 3.78. The van der Waals surface area contributed by atoms with Crippen LogP contribution in [-0.2, 0) is 4.74 Å². The zero-order valence-corrected chi connectivity index (χ0v) is 7.31. The average molecular weight is 167 g/mol. The molecule has 0 fully saturated rings. The van der Waals surface area contributed by atoms with Crippen LogP contribution >= 0.6 is 11.6 Å². The minimum atomic E-state index is -0.728. The van der Waals surface area contributed by atoms with E-state index in [0.29, 0.717) is 6.61 Å². The summed E-state index contributed by atoms with van der Waals surface area (Å²) in [6, 6.07) is 0. The second-order valence-electron chi connectivity index (χ2n) is 3.10. The van der Waals surface area contributed by atoms with E-state index in [0.717, 1.165) is 11.0 Å². The van der Waals surface area contributed by atoms with Gasteiger partial charge in [-0.2, -0.15) is 0 Å². The fourth-order valence-electron chi connectivity index (χ4n) is 0.400. The minimum absolute atomic E-state index is 0.381. The molecule has 0 spiro atoms. The van der Waals surface area contributed by atoms with Gasteiger partial charge < -0.3 is 9.22 Å². The number of carbonyl (C=O) groups excluding carboxylic acids is 1. The number of nitrogens with zero attached hydrogens (tertiary/aromatic N) is 1. The number of rotatable bonds is 3. The van der Waals surface area contributed by atoms with Crippen molar-refractivity contribution in [3.05, 3.63) is 0 Å². The Morgan fingerprint density at radius 1 is 1.50 bits per heavy atom. The van der Waals surface area contributed by atoms with E-state index in [9.17, 15) is 4.79 Å². The van der Waals surface area contributed by atoms with Crippen LogP contribution in [0.1, 0.15) is 0 Å². The van der Waals surface area contributed by atoms with Crippen molar-refractivity contribution in [3.63, 3.8) is 0 Å². The van der Waals surface area contributed by atoms with Crippen molar-refractivity contribution in [1.82, 2.24) is 0 Å². The highest BCUT2D eigenvalue weighted by molar-refractivity contribution is 6.61. The van der Waals surface area contributed by atoms with Gasteiger partial charge in [0.15, 0.2) is 0 Å². The lowest BCUT2D eigenvalue weighted by Gasteiger charge is -2.22. The Bertz CT molecular complexity index is 119. The lowest BCUT2D eigenvalue weighted by Crippen LogP contribution is -2.37. The molecule has 0 saturated heterocycles. The molecule has 60 valence electrons. The van der Waals surface area contributed by atoms with Crippen molar-refractivity contribution in [1.29, 1.82) is 0 Å². The number of halogens is 1. The SMILES string of the molecule is C[N+](C)(C)CCOC(=O)Cl. The molecular weight excluding hydrogens is 154 g/mol. The predicted molar refractivity (Wildman–Crippen MR) is 40.1 cm³/mol. The van der Waals surface area contributed by atoms with Crippen LogP contribution in [0, 0.1) is 0 Å². The summed E-state index contributed by atoms with van der Waals surface area (Å²) in [5.41, 5.74) is -0.728. The van der Waals surface area contributed by atoms with Gasteiger partial charge in [0.1, 0.15) is 13.2 Å². The Hall–Kier alpha value is -0.280. The first-order valence-electron chi connectivity index (χ1n) is 3.04. The highest BCUT2D eigenvalue weighted by Crippen LogP contribution is 1.91. The highest BCUT2D eigenvalue weighted by atomic mass is 35.5. The molecule has 0 heterocycles. The molecule has 10 heavy (non-hydrogen) atoms. The second-order valence-corrected chi connectivity index (χ2v) is 3.41. The lowest BCUT2D eigenvalue weighted by atomic mass is 10.5. The molecule has 0 saturated carbocycles. The first-order chi connectivity index (χ1) is 4.42. The van der Waals surface area contributed by atoms with Gasteiger partial charge in [-0.1, -0.05) is 0 Å². The highest BCUT2D eigenvalue weighted by Gasteiger charge is 2.06. The number of hydrogen-bond acceptors (Lipinski definition) is 2. The molecule has 4 heteroatoms. The number of likely N-dealkylation sites (N-methyl/N-ethyl adjacent to an activating group) is 1. The molecule has 0 radical (unpaired) electrons. The van der Waals surface area contributed by atoms with Crippen LogP contribution in [0.2, 0.25) is 0 Å². The maximum Gasteiger partial charge on any atom is 0.403 e. The Kier molecular flexibility index (Phi) is 3.68. The molecule has 0 aliphatic carbocycles. The molecule has 0 N–H and O–H groups in total. The minimum Gasteiger partial charge on any atom is -0.448 e. The fourth-order valence-corrected chi connectivity index (χ4v) is 0.477. The van der Waals surface area contributed by atoms with Crippen molar-refractivity contribution in [2.45, 2.75) is 0 Å². The fraction of sp³-hybridized carbons (Fsp3) is 0.833. The topological polar surface area (TPSA) is 26.3 Å². The Labute approximate surface area is 66.1 Å². The molecule has 0 aliphatic rings. The van der Waals surface area contributed by atoms with E-state index in [4.69, 9.17) is 11.6 Å².